The second-order valence-electron chi connectivity index (χ2n) is 4.02. The van der Waals surface area contributed by atoms with Gasteiger partial charge in [-0.3, -0.25) is 0 Å². The number of hydrogen-bond acceptors (Lipinski definition) is 4. The predicted molar refractivity (Wildman–Crippen MR) is 74.7 cm³/mol. The molecule has 1 aromatic heterocycles. The van der Waals surface area contributed by atoms with E-state index in [0.717, 1.165) is 12.2 Å². The maximum atomic E-state index is 5.73. The van der Waals surface area contributed by atoms with Crippen LogP contribution in [-0.4, -0.2) is 18.1 Å². The summed E-state index contributed by atoms with van der Waals surface area (Å²) >= 11 is 0. The lowest BCUT2D eigenvalue weighted by Crippen LogP contribution is -2.02. The molecule has 1 aromatic carbocycles. The summed E-state index contributed by atoms with van der Waals surface area (Å²) in [5, 5.41) is 0. The summed E-state index contributed by atoms with van der Waals surface area (Å²) in [5.74, 6) is 1.87. The van der Waals surface area contributed by atoms with Gasteiger partial charge in [0.1, 0.15) is 5.75 Å². The first-order valence-electron chi connectivity index (χ1n) is 6.38. The van der Waals surface area contributed by atoms with Gasteiger partial charge in [0.25, 0.3) is 5.88 Å². The van der Waals surface area contributed by atoms with Gasteiger partial charge in [-0.05, 0) is 49.7 Å². The van der Waals surface area contributed by atoms with Crippen LogP contribution in [0.1, 0.15) is 12.5 Å². The van der Waals surface area contributed by atoms with Crippen molar-refractivity contribution >= 4 is 0 Å². The first kappa shape index (κ1) is 13.4. The van der Waals surface area contributed by atoms with Gasteiger partial charge in [-0.25, -0.2) is 4.98 Å². The summed E-state index contributed by atoms with van der Waals surface area (Å²) in [6, 6.07) is 11.5. The molecule has 0 aliphatic carbocycles. The normalized spacial score (nSPS) is 10.2. The highest BCUT2D eigenvalue weighted by atomic mass is 16.5. The second kappa shape index (κ2) is 6.75. The van der Waals surface area contributed by atoms with E-state index in [2.05, 4.69) is 4.98 Å². The summed E-state index contributed by atoms with van der Waals surface area (Å²) < 4.78 is 11.2. The summed E-state index contributed by atoms with van der Waals surface area (Å²) in [6.07, 6.45) is 2.55. The molecule has 0 amide bonds. The number of pyridine rings is 1. The standard InChI is InChI=1S/C15H18N2O2/c1-2-18-14-4-3-11-17-15(14)19-13-7-5-12(6-8-13)9-10-16/h3-8,11H,2,9-10,16H2,1H3. The number of hydrogen-bond donors (Lipinski definition) is 1. The fourth-order valence-electron chi connectivity index (χ4n) is 1.72. The van der Waals surface area contributed by atoms with Crippen molar-refractivity contribution in [1.82, 2.24) is 4.98 Å². The zero-order valence-electron chi connectivity index (χ0n) is 11.0. The molecule has 2 rings (SSSR count). The van der Waals surface area contributed by atoms with E-state index < -0.39 is 0 Å². The molecular weight excluding hydrogens is 240 g/mol. The summed E-state index contributed by atoms with van der Waals surface area (Å²) in [5.41, 5.74) is 6.71. The summed E-state index contributed by atoms with van der Waals surface area (Å²) in [7, 11) is 0. The molecule has 0 bridgehead atoms. The molecule has 4 nitrogen and oxygen atoms in total. The zero-order valence-corrected chi connectivity index (χ0v) is 11.0. The molecule has 0 atom stereocenters. The zero-order chi connectivity index (χ0) is 13.5. The molecular formula is C15H18N2O2. The predicted octanol–water partition coefficient (Wildman–Crippen LogP) is 2.77. The van der Waals surface area contributed by atoms with E-state index >= 15 is 0 Å². The van der Waals surface area contributed by atoms with Gasteiger partial charge in [0.2, 0.25) is 0 Å². The van der Waals surface area contributed by atoms with Crippen molar-refractivity contribution in [2.45, 2.75) is 13.3 Å². The Labute approximate surface area is 113 Å². The maximum absolute atomic E-state index is 5.73. The highest BCUT2D eigenvalue weighted by molar-refractivity contribution is 5.37. The van der Waals surface area contributed by atoms with Crippen molar-refractivity contribution in [1.29, 1.82) is 0 Å². The highest BCUT2D eigenvalue weighted by Gasteiger charge is 2.06. The lowest BCUT2D eigenvalue weighted by molar-refractivity contribution is 0.316. The van der Waals surface area contributed by atoms with Crippen molar-refractivity contribution in [3.8, 4) is 17.4 Å². The Hall–Kier alpha value is -2.07. The Morgan fingerprint density at radius 2 is 1.95 bits per heavy atom. The molecule has 0 unspecified atom stereocenters. The number of benzene rings is 1. The smallest absolute Gasteiger partial charge is 0.262 e. The van der Waals surface area contributed by atoms with Crippen molar-refractivity contribution in [2.75, 3.05) is 13.2 Å². The van der Waals surface area contributed by atoms with E-state index in [0.29, 0.717) is 24.8 Å². The van der Waals surface area contributed by atoms with E-state index in [1.54, 1.807) is 6.20 Å². The molecule has 0 fully saturated rings. The van der Waals surface area contributed by atoms with Gasteiger partial charge in [0.15, 0.2) is 5.75 Å². The third-order valence-corrected chi connectivity index (χ3v) is 2.61. The van der Waals surface area contributed by atoms with Gasteiger partial charge in [-0.15, -0.1) is 0 Å². The van der Waals surface area contributed by atoms with Gasteiger partial charge in [-0.1, -0.05) is 12.1 Å². The van der Waals surface area contributed by atoms with Crippen molar-refractivity contribution < 1.29 is 9.47 Å². The molecule has 0 spiro atoms. The van der Waals surface area contributed by atoms with Gasteiger partial charge in [0.05, 0.1) is 6.61 Å². The minimum absolute atomic E-state index is 0.482. The summed E-state index contributed by atoms with van der Waals surface area (Å²) in [4.78, 5) is 4.18. The molecule has 100 valence electrons. The van der Waals surface area contributed by atoms with E-state index in [1.165, 1.54) is 5.56 Å². The molecule has 2 aromatic rings. The molecule has 0 radical (unpaired) electrons. The van der Waals surface area contributed by atoms with Gasteiger partial charge in [-0.2, -0.15) is 0 Å². The SMILES string of the molecule is CCOc1cccnc1Oc1ccc(CCN)cc1. The summed E-state index contributed by atoms with van der Waals surface area (Å²) in [6.45, 7) is 3.16. The van der Waals surface area contributed by atoms with E-state index in [9.17, 15) is 0 Å². The molecule has 1 heterocycles. The van der Waals surface area contributed by atoms with E-state index in [4.69, 9.17) is 15.2 Å². The quantitative estimate of drug-likeness (QED) is 0.865. The Morgan fingerprint density at radius 1 is 1.16 bits per heavy atom. The van der Waals surface area contributed by atoms with Crippen LogP contribution < -0.4 is 15.2 Å². The van der Waals surface area contributed by atoms with Crippen LogP contribution in [0.2, 0.25) is 0 Å². The molecule has 0 saturated carbocycles. The fraction of sp³-hybridized carbons (Fsp3) is 0.267. The molecule has 0 aliphatic heterocycles. The number of aromatic nitrogens is 1. The number of nitrogens with zero attached hydrogens (tertiary/aromatic N) is 1. The Bertz CT molecular complexity index is 512. The van der Waals surface area contributed by atoms with Crippen LogP contribution in [-0.2, 0) is 6.42 Å². The van der Waals surface area contributed by atoms with Crippen LogP contribution in [0.25, 0.3) is 0 Å². The Balaban J connectivity index is 2.12. The molecule has 19 heavy (non-hydrogen) atoms. The maximum Gasteiger partial charge on any atom is 0.262 e. The number of ether oxygens (including phenoxy) is 2. The van der Waals surface area contributed by atoms with Crippen LogP contribution in [0, 0.1) is 0 Å². The van der Waals surface area contributed by atoms with Gasteiger partial charge < -0.3 is 15.2 Å². The van der Waals surface area contributed by atoms with Crippen LogP contribution >= 0.6 is 0 Å². The van der Waals surface area contributed by atoms with E-state index in [-0.39, 0.29) is 0 Å². The topological polar surface area (TPSA) is 57.4 Å². The number of nitrogens with two attached hydrogens (primary N) is 1. The van der Waals surface area contributed by atoms with Crippen LogP contribution in [0.15, 0.2) is 42.6 Å². The number of rotatable bonds is 6. The van der Waals surface area contributed by atoms with Crippen LogP contribution in [0.4, 0.5) is 0 Å². The van der Waals surface area contributed by atoms with Crippen LogP contribution in [0.3, 0.4) is 0 Å². The minimum Gasteiger partial charge on any atom is -0.488 e. The third-order valence-electron chi connectivity index (χ3n) is 2.61. The second-order valence-corrected chi connectivity index (χ2v) is 4.02. The fourth-order valence-corrected chi connectivity index (χ4v) is 1.72. The first-order chi connectivity index (χ1) is 9.33. The minimum atomic E-state index is 0.482. The monoisotopic (exact) mass is 258 g/mol. The largest absolute Gasteiger partial charge is 0.488 e. The average Bonchev–Trinajstić information content (AvgIpc) is 2.44. The van der Waals surface area contributed by atoms with Gasteiger partial charge in [0, 0.05) is 6.20 Å². The molecule has 0 saturated heterocycles. The van der Waals surface area contributed by atoms with Crippen molar-refractivity contribution in [2.24, 2.45) is 5.73 Å². The highest BCUT2D eigenvalue weighted by Crippen LogP contribution is 2.28. The Morgan fingerprint density at radius 3 is 2.63 bits per heavy atom. The average molecular weight is 258 g/mol. The first-order valence-corrected chi connectivity index (χ1v) is 6.38. The lowest BCUT2D eigenvalue weighted by Gasteiger charge is -2.10. The van der Waals surface area contributed by atoms with Crippen LogP contribution in [0.5, 0.6) is 17.4 Å². The van der Waals surface area contributed by atoms with Crippen molar-refractivity contribution in [3.05, 3.63) is 48.2 Å². The lowest BCUT2D eigenvalue weighted by atomic mass is 10.1. The van der Waals surface area contributed by atoms with Gasteiger partial charge >= 0.3 is 0 Å². The molecule has 2 N–H and O–H groups in total. The molecule has 4 heteroatoms. The third kappa shape index (κ3) is 3.69. The van der Waals surface area contributed by atoms with E-state index in [1.807, 2.05) is 43.3 Å². The Kier molecular flexibility index (Phi) is 4.75. The van der Waals surface area contributed by atoms with Crippen molar-refractivity contribution in [3.63, 3.8) is 0 Å². The molecule has 0 aliphatic rings.